The van der Waals surface area contributed by atoms with E-state index in [1.807, 2.05) is 13.8 Å². The minimum atomic E-state index is -0.625. The summed E-state index contributed by atoms with van der Waals surface area (Å²) in [6, 6.07) is 2.96. The van der Waals surface area contributed by atoms with E-state index in [-0.39, 0.29) is 29.2 Å². The van der Waals surface area contributed by atoms with Gasteiger partial charge in [-0.25, -0.2) is 4.79 Å². The molecule has 0 saturated carbocycles. The third-order valence-corrected chi connectivity index (χ3v) is 4.44. The van der Waals surface area contributed by atoms with Crippen LogP contribution < -0.4 is 9.47 Å². The Hall–Kier alpha value is -1.95. The lowest BCUT2D eigenvalue weighted by Gasteiger charge is -2.30. The molecule has 2 rings (SSSR count). The first-order chi connectivity index (χ1) is 12.3. The first-order valence-corrected chi connectivity index (χ1v) is 9.18. The van der Waals surface area contributed by atoms with Crippen molar-refractivity contribution in [2.24, 2.45) is 5.92 Å². The predicted octanol–water partition coefficient (Wildman–Crippen LogP) is 3.55. The number of benzene rings is 1. The normalized spacial score (nSPS) is 17.2. The average molecular weight is 384 g/mol. The van der Waals surface area contributed by atoms with Crippen molar-refractivity contribution in [1.82, 2.24) is 4.90 Å². The summed E-state index contributed by atoms with van der Waals surface area (Å²) in [6.07, 6.45) is 2.00. The smallest absolute Gasteiger partial charge is 0.338 e. The number of methoxy groups -OCH3 is 1. The zero-order valence-electron chi connectivity index (χ0n) is 15.7. The third kappa shape index (κ3) is 5.27. The molecule has 0 aliphatic carbocycles. The number of hydrogen-bond acceptors (Lipinski definition) is 5. The molecule has 7 heteroatoms. The van der Waals surface area contributed by atoms with Crippen LogP contribution in [0.4, 0.5) is 0 Å². The molecule has 1 atom stereocenters. The summed E-state index contributed by atoms with van der Waals surface area (Å²) in [5.41, 5.74) is 0.211. The fraction of sp³-hybridized carbons (Fsp3) is 0.579. The zero-order chi connectivity index (χ0) is 19.3. The molecule has 0 aromatic heterocycles. The number of esters is 1. The van der Waals surface area contributed by atoms with E-state index >= 15 is 0 Å². The molecule has 0 N–H and O–H groups in total. The highest BCUT2D eigenvalue weighted by Crippen LogP contribution is 2.37. The zero-order valence-corrected chi connectivity index (χ0v) is 16.5. The van der Waals surface area contributed by atoms with Crippen LogP contribution in [-0.4, -0.2) is 49.7 Å². The number of amides is 1. The van der Waals surface area contributed by atoms with E-state index in [9.17, 15) is 9.59 Å². The fourth-order valence-corrected chi connectivity index (χ4v) is 3.16. The Labute approximate surface area is 159 Å². The van der Waals surface area contributed by atoms with Crippen LogP contribution in [0, 0.1) is 5.92 Å². The van der Waals surface area contributed by atoms with E-state index < -0.39 is 5.97 Å². The van der Waals surface area contributed by atoms with Gasteiger partial charge in [-0.05, 0) is 44.7 Å². The molecule has 1 saturated heterocycles. The van der Waals surface area contributed by atoms with Gasteiger partial charge in [0.2, 0.25) is 0 Å². The van der Waals surface area contributed by atoms with Crippen LogP contribution in [-0.2, 0) is 9.53 Å². The Morgan fingerprint density at radius 3 is 2.69 bits per heavy atom. The van der Waals surface area contributed by atoms with E-state index in [4.69, 9.17) is 25.8 Å². The molecule has 1 aliphatic heterocycles. The van der Waals surface area contributed by atoms with E-state index in [0.29, 0.717) is 30.5 Å². The quantitative estimate of drug-likeness (QED) is 0.703. The van der Waals surface area contributed by atoms with Crippen molar-refractivity contribution in [3.8, 4) is 11.5 Å². The second-order valence-electron chi connectivity index (χ2n) is 6.82. The molecule has 0 spiro atoms. The lowest BCUT2D eigenvalue weighted by molar-refractivity contribution is -0.136. The summed E-state index contributed by atoms with van der Waals surface area (Å²) in [5, 5.41) is 0.251. The molecule has 1 aromatic rings. The summed E-state index contributed by atoms with van der Waals surface area (Å²) in [5.74, 6) is 0.385. The first-order valence-electron chi connectivity index (χ1n) is 8.81. The Kier molecular flexibility index (Phi) is 7.14. The molecule has 144 valence electrons. The summed E-state index contributed by atoms with van der Waals surface area (Å²) in [4.78, 5) is 26.3. The van der Waals surface area contributed by atoms with Crippen LogP contribution in [0.3, 0.4) is 0 Å². The van der Waals surface area contributed by atoms with Crippen LogP contribution in [0.15, 0.2) is 12.1 Å². The van der Waals surface area contributed by atoms with Crippen molar-refractivity contribution in [2.75, 3.05) is 26.8 Å². The van der Waals surface area contributed by atoms with Gasteiger partial charge >= 0.3 is 5.97 Å². The van der Waals surface area contributed by atoms with Gasteiger partial charge in [0.25, 0.3) is 5.91 Å². The van der Waals surface area contributed by atoms with Gasteiger partial charge in [0.1, 0.15) is 0 Å². The third-order valence-electron chi connectivity index (χ3n) is 4.16. The second-order valence-corrected chi connectivity index (χ2v) is 7.23. The van der Waals surface area contributed by atoms with Crippen molar-refractivity contribution in [1.29, 1.82) is 0 Å². The number of carbonyl (C=O) groups is 2. The van der Waals surface area contributed by atoms with Crippen LogP contribution >= 0.6 is 11.6 Å². The Bertz CT molecular complexity index is 662. The molecular weight excluding hydrogens is 358 g/mol. The molecule has 1 heterocycles. The minimum absolute atomic E-state index is 0.0937. The number of hydrogen-bond donors (Lipinski definition) is 0. The molecule has 1 aliphatic rings. The number of rotatable bonds is 6. The maximum absolute atomic E-state index is 12.3. The number of likely N-dealkylation sites (tertiary alicyclic amines) is 1. The molecule has 0 bridgehead atoms. The molecular formula is C19H26ClNO5. The Morgan fingerprint density at radius 1 is 1.35 bits per heavy atom. The Balaban J connectivity index is 2.02. The maximum Gasteiger partial charge on any atom is 0.338 e. The molecule has 0 unspecified atom stereocenters. The van der Waals surface area contributed by atoms with Crippen molar-refractivity contribution in [3.05, 3.63) is 22.7 Å². The van der Waals surface area contributed by atoms with Gasteiger partial charge < -0.3 is 19.1 Å². The SMILES string of the molecule is COc1cc(C(=O)OCC(=O)N2CCC[C@H](C)C2)cc(Cl)c1OC(C)C. The fourth-order valence-electron chi connectivity index (χ4n) is 2.91. The van der Waals surface area contributed by atoms with Gasteiger partial charge in [0, 0.05) is 13.1 Å². The number of nitrogens with zero attached hydrogens (tertiary/aromatic N) is 1. The highest BCUT2D eigenvalue weighted by atomic mass is 35.5. The standard InChI is InChI=1S/C19H26ClNO5/c1-12(2)26-18-15(20)8-14(9-16(18)24-4)19(23)25-11-17(22)21-7-5-6-13(3)10-21/h8-9,12-13H,5-7,10-11H2,1-4H3/t13-/m0/s1. The molecule has 1 amide bonds. The van der Waals surface area contributed by atoms with Gasteiger partial charge in [-0.15, -0.1) is 0 Å². The van der Waals surface area contributed by atoms with Gasteiger partial charge in [0.15, 0.2) is 18.1 Å². The number of halogens is 1. The van der Waals surface area contributed by atoms with Gasteiger partial charge in [0.05, 0.1) is 23.8 Å². The van der Waals surface area contributed by atoms with Gasteiger partial charge in [-0.2, -0.15) is 0 Å². The predicted molar refractivity (Wildman–Crippen MR) is 99.0 cm³/mol. The number of ether oxygens (including phenoxy) is 3. The summed E-state index contributed by atoms with van der Waals surface area (Å²) in [7, 11) is 1.47. The van der Waals surface area contributed by atoms with Crippen LogP contribution in [0.25, 0.3) is 0 Å². The monoisotopic (exact) mass is 383 g/mol. The average Bonchev–Trinajstić information content (AvgIpc) is 2.60. The molecule has 1 aromatic carbocycles. The summed E-state index contributed by atoms with van der Waals surface area (Å²) >= 11 is 6.21. The molecule has 1 fully saturated rings. The minimum Gasteiger partial charge on any atom is -0.493 e. The lowest BCUT2D eigenvalue weighted by atomic mass is 10.0. The lowest BCUT2D eigenvalue weighted by Crippen LogP contribution is -2.41. The largest absolute Gasteiger partial charge is 0.493 e. The highest BCUT2D eigenvalue weighted by molar-refractivity contribution is 6.32. The Morgan fingerprint density at radius 2 is 2.08 bits per heavy atom. The number of piperidine rings is 1. The van der Waals surface area contributed by atoms with Crippen LogP contribution in [0.2, 0.25) is 5.02 Å². The highest BCUT2D eigenvalue weighted by Gasteiger charge is 2.23. The van der Waals surface area contributed by atoms with Crippen molar-refractivity contribution >= 4 is 23.5 Å². The van der Waals surface area contributed by atoms with E-state index in [2.05, 4.69) is 6.92 Å². The summed E-state index contributed by atoms with van der Waals surface area (Å²) in [6.45, 7) is 6.98. The van der Waals surface area contributed by atoms with Crippen LogP contribution in [0.5, 0.6) is 11.5 Å². The topological polar surface area (TPSA) is 65.1 Å². The maximum atomic E-state index is 12.3. The van der Waals surface area contributed by atoms with Gasteiger partial charge in [-0.3, -0.25) is 4.79 Å². The van der Waals surface area contributed by atoms with Crippen molar-refractivity contribution in [2.45, 2.75) is 39.7 Å². The molecule has 6 nitrogen and oxygen atoms in total. The molecule has 26 heavy (non-hydrogen) atoms. The van der Waals surface area contributed by atoms with Crippen molar-refractivity contribution < 1.29 is 23.8 Å². The van der Waals surface area contributed by atoms with Gasteiger partial charge in [-0.1, -0.05) is 18.5 Å². The van der Waals surface area contributed by atoms with E-state index in [1.165, 1.54) is 19.2 Å². The second kappa shape index (κ2) is 9.12. The van der Waals surface area contributed by atoms with E-state index in [0.717, 1.165) is 12.8 Å². The van der Waals surface area contributed by atoms with Crippen LogP contribution in [0.1, 0.15) is 44.0 Å². The first kappa shape index (κ1) is 20.4. The molecule has 0 radical (unpaired) electrons. The summed E-state index contributed by atoms with van der Waals surface area (Å²) < 4.78 is 16.0. The van der Waals surface area contributed by atoms with Crippen molar-refractivity contribution in [3.63, 3.8) is 0 Å². The van der Waals surface area contributed by atoms with E-state index in [1.54, 1.807) is 4.90 Å². The number of carbonyl (C=O) groups excluding carboxylic acids is 2.